The summed E-state index contributed by atoms with van der Waals surface area (Å²) >= 11 is 0. The minimum atomic E-state index is 0.858. The average molecular weight is 268 g/mol. The number of nitrogens with one attached hydrogen (secondary N) is 1. The van der Waals surface area contributed by atoms with Crippen molar-refractivity contribution in [3.8, 4) is 0 Å². The highest BCUT2D eigenvalue weighted by molar-refractivity contribution is 5.58. The average Bonchev–Trinajstić information content (AvgIpc) is 2.81. The zero-order valence-corrected chi connectivity index (χ0v) is 12.3. The molecule has 4 aliphatic rings. The van der Waals surface area contributed by atoms with E-state index in [0.29, 0.717) is 0 Å². The van der Waals surface area contributed by atoms with Gasteiger partial charge in [-0.05, 0) is 66.5 Å². The smallest absolute Gasteiger partial charge is 0.0397 e. The normalized spacial score (nSPS) is 40.0. The molecule has 5 rings (SSSR count). The van der Waals surface area contributed by atoms with Crippen molar-refractivity contribution in [2.24, 2.45) is 23.7 Å². The summed E-state index contributed by atoms with van der Waals surface area (Å²) in [6, 6.07) is 7.92. The van der Waals surface area contributed by atoms with Crippen LogP contribution in [0.1, 0.15) is 30.4 Å². The Bertz CT molecular complexity index is 536. The van der Waals surface area contributed by atoms with Crippen LogP contribution >= 0.6 is 0 Å². The maximum Gasteiger partial charge on any atom is 0.0397 e. The molecule has 3 aliphatic carbocycles. The molecule has 2 nitrogen and oxygen atoms in total. The van der Waals surface area contributed by atoms with Crippen LogP contribution in [0.2, 0.25) is 0 Å². The first-order chi connectivity index (χ1) is 9.81. The summed E-state index contributed by atoms with van der Waals surface area (Å²) in [5, 5.41) is 3.86. The van der Waals surface area contributed by atoms with E-state index in [-0.39, 0.29) is 0 Å². The molecule has 1 heterocycles. The van der Waals surface area contributed by atoms with Crippen molar-refractivity contribution in [3.05, 3.63) is 29.3 Å². The topological polar surface area (TPSA) is 15.3 Å². The lowest BCUT2D eigenvalue weighted by molar-refractivity contribution is 0.456. The summed E-state index contributed by atoms with van der Waals surface area (Å²) in [7, 11) is 2.20. The monoisotopic (exact) mass is 268 g/mol. The fraction of sp³-hybridized carbons (Fsp3) is 0.667. The molecule has 2 bridgehead atoms. The predicted octanol–water partition coefficient (Wildman–Crippen LogP) is 2.81. The van der Waals surface area contributed by atoms with E-state index < -0.39 is 0 Å². The maximum atomic E-state index is 3.86. The van der Waals surface area contributed by atoms with E-state index in [1.807, 2.05) is 0 Å². The zero-order chi connectivity index (χ0) is 13.3. The van der Waals surface area contributed by atoms with Crippen LogP contribution in [0.3, 0.4) is 0 Å². The van der Waals surface area contributed by atoms with Crippen molar-refractivity contribution < 1.29 is 0 Å². The number of fused-ring (bicyclic) bond motifs is 6. The SMILES string of the molecule is CN1CCc2cc(CNC3C4C5CCC(C5)C34)ccc21. The summed E-state index contributed by atoms with van der Waals surface area (Å²) in [6.07, 6.45) is 5.82. The molecule has 0 spiro atoms. The lowest BCUT2D eigenvalue weighted by Gasteiger charge is -2.13. The van der Waals surface area contributed by atoms with Gasteiger partial charge in [0.25, 0.3) is 0 Å². The molecule has 0 saturated heterocycles. The number of likely N-dealkylation sites (N-methyl/N-ethyl adjacent to an activating group) is 1. The van der Waals surface area contributed by atoms with Crippen molar-refractivity contribution in [1.29, 1.82) is 0 Å². The van der Waals surface area contributed by atoms with E-state index in [4.69, 9.17) is 0 Å². The Hall–Kier alpha value is -1.02. The fourth-order valence-corrected chi connectivity index (χ4v) is 5.56. The third-order valence-corrected chi connectivity index (χ3v) is 6.55. The Balaban J connectivity index is 1.26. The van der Waals surface area contributed by atoms with Gasteiger partial charge in [-0.15, -0.1) is 0 Å². The molecule has 3 saturated carbocycles. The fourth-order valence-electron chi connectivity index (χ4n) is 5.56. The van der Waals surface area contributed by atoms with E-state index in [2.05, 4.69) is 35.5 Å². The van der Waals surface area contributed by atoms with Crippen molar-refractivity contribution >= 4 is 5.69 Å². The van der Waals surface area contributed by atoms with Crippen LogP contribution in [-0.4, -0.2) is 19.6 Å². The van der Waals surface area contributed by atoms with Gasteiger partial charge in [0, 0.05) is 31.9 Å². The molecule has 106 valence electrons. The zero-order valence-electron chi connectivity index (χ0n) is 12.3. The molecular weight excluding hydrogens is 244 g/mol. The first-order valence-electron chi connectivity index (χ1n) is 8.37. The highest BCUT2D eigenvalue weighted by Gasteiger charge is 2.64. The van der Waals surface area contributed by atoms with Gasteiger partial charge in [0.05, 0.1) is 0 Å². The quantitative estimate of drug-likeness (QED) is 0.907. The Morgan fingerprint density at radius 3 is 2.80 bits per heavy atom. The van der Waals surface area contributed by atoms with Crippen LogP contribution in [0.5, 0.6) is 0 Å². The Morgan fingerprint density at radius 1 is 1.20 bits per heavy atom. The van der Waals surface area contributed by atoms with Crippen molar-refractivity contribution in [2.75, 3.05) is 18.5 Å². The first kappa shape index (κ1) is 11.6. The Labute approximate surface area is 121 Å². The number of nitrogens with zero attached hydrogens (tertiary/aromatic N) is 1. The molecule has 0 amide bonds. The summed E-state index contributed by atoms with van der Waals surface area (Å²) in [5.74, 6) is 4.26. The molecule has 2 heteroatoms. The van der Waals surface area contributed by atoms with Crippen LogP contribution in [0.15, 0.2) is 18.2 Å². The van der Waals surface area contributed by atoms with Crippen molar-refractivity contribution in [3.63, 3.8) is 0 Å². The molecule has 20 heavy (non-hydrogen) atoms. The molecule has 3 fully saturated rings. The Morgan fingerprint density at radius 2 is 2.00 bits per heavy atom. The molecule has 4 atom stereocenters. The molecule has 1 aliphatic heterocycles. The number of rotatable bonds is 3. The first-order valence-corrected chi connectivity index (χ1v) is 8.37. The molecule has 1 aromatic carbocycles. The number of hydrogen-bond acceptors (Lipinski definition) is 2. The molecule has 1 N–H and O–H groups in total. The summed E-state index contributed by atoms with van der Waals surface area (Å²) < 4.78 is 0. The van der Waals surface area contributed by atoms with Crippen LogP contribution in [0.25, 0.3) is 0 Å². The summed E-state index contributed by atoms with van der Waals surface area (Å²) in [6.45, 7) is 2.26. The van der Waals surface area contributed by atoms with Gasteiger partial charge in [-0.25, -0.2) is 0 Å². The van der Waals surface area contributed by atoms with Crippen molar-refractivity contribution in [1.82, 2.24) is 5.32 Å². The van der Waals surface area contributed by atoms with Crippen LogP contribution < -0.4 is 10.2 Å². The largest absolute Gasteiger partial charge is 0.374 e. The highest BCUT2D eigenvalue weighted by Crippen LogP contribution is 2.65. The highest BCUT2D eigenvalue weighted by atomic mass is 15.1. The van der Waals surface area contributed by atoms with E-state index in [1.165, 1.54) is 37.1 Å². The standard InChI is InChI=1S/C18H24N2/c1-20-7-6-12-8-11(2-5-15(12)20)10-19-18-16-13-3-4-14(9-13)17(16)18/h2,5,8,13-14,16-19H,3-4,6-7,9-10H2,1H3. The lowest BCUT2D eigenvalue weighted by atomic mass is 10.0. The number of anilines is 1. The van der Waals surface area contributed by atoms with E-state index in [0.717, 1.165) is 36.3 Å². The van der Waals surface area contributed by atoms with Gasteiger partial charge in [-0.1, -0.05) is 12.1 Å². The van der Waals surface area contributed by atoms with Gasteiger partial charge in [0.2, 0.25) is 0 Å². The van der Waals surface area contributed by atoms with Gasteiger partial charge in [0.1, 0.15) is 0 Å². The Kier molecular flexibility index (Phi) is 2.33. The lowest BCUT2D eigenvalue weighted by Crippen LogP contribution is -2.22. The second kappa shape index (κ2) is 4.00. The molecule has 0 radical (unpaired) electrons. The number of hydrogen-bond donors (Lipinski definition) is 1. The minimum absolute atomic E-state index is 0.858. The van der Waals surface area contributed by atoms with Gasteiger partial charge in [-0.3, -0.25) is 0 Å². The summed E-state index contributed by atoms with van der Waals surface area (Å²) in [5.41, 5.74) is 4.47. The summed E-state index contributed by atoms with van der Waals surface area (Å²) in [4.78, 5) is 2.37. The number of benzene rings is 1. The second-order valence-electron chi connectivity index (χ2n) is 7.53. The van der Waals surface area contributed by atoms with E-state index in [9.17, 15) is 0 Å². The molecule has 1 aromatic rings. The van der Waals surface area contributed by atoms with Gasteiger partial charge in [-0.2, -0.15) is 0 Å². The third-order valence-electron chi connectivity index (χ3n) is 6.55. The molecular formula is C18H24N2. The van der Waals surface area contributed by atoms with Gasteiger partial charge in [0.15, 0.2) is 0 Å². The van der Waals surface area contributed by atoms with Crippen LogP contribution in [0.4, 0.5) is 5.69 Å². The molecule has 4 unspecified atom stereocenters. The minimum Gasteiger partial charge on any atom is -0.374 e. The van der Waals surface area contributed by atoms with E-state index >= 15 is 0 Å². The maximum absolute atomic E-state index is 3.86. The third kappa shape index (κ3) is 1.54. The van der Waals surface area contributed by atoms with Gasteiger partial charge >= 0.3 is 0 Å². The van der Waals surface area contributed by atoms with Crippen LogP contribution in [-0.2, 0) is 13.0 Å². The predicted molar refractivity (Wildman–Crippen MR) is 81.9 cm³/mol. The van der Waals surface area contributed by atoms with Crippen molar-refractivity contribution in [2.45, 2.75) is 38.3 Å². The van der Waals surface area contributed by atoms with E-state index in [1.54, 1.807) is 12.0 Å². The second-order valence-corrected chi connectivity index (χ2v) is 7.53. The van der Waals surface area contributed by atoms with Crippen LogP contribution in [0, 0.1) is 23.7 Å². The molecule has 0 aromatic heterocycles. The van der Waals surface area contributed by atoms with Gasteiger partial charge < -0.3 is 10.2 Å².